The number of carbonyl (C=O) groups excluding carboxylic acids is 1. The van der Waals surface area contributed by atoms with Gasteiger partial charge in [-0.2, -0.15) is 0 Å². The van der Waals surface area contributed by atoms with Gasteiger partial charge in [0.1, 0.15) is 5.75 Å². The largest absolute Gasteiger partial charge is 0.497 e. The highest BCUT2D eigenvalue weighted by atomic mass is 16.6. The quantitative estimate of drug-likeness (QED) is 0.732. The van der Waals surface area contributed by atoms with Crippen molar-refractivity contribution >= 4 is 5.97 Å². The second-order valence-electron chi connectivity index (χ2n) is 4.15. The van der Waals surface area contributed by atoms with E-state index in [4.69, 9.17) is 14.2 Å². The average Bonchev–Trinajstić information content (AvgIpc) is 2.37. The number of hydrogen-bond acceptors (Lipinski definition) is 4. The zero-order valence-electron chi connectivity index (χ0n) is 10.3. The van der Waals surface area contributed by atoms with Crippen LogP contribution in [0.4, 0.5) is 0 Å². The monoisotopic (exact) mass is 236 g/mol. The fraction of sp³-hybridized carbons (Fsp3) is 0.462. The Balaban J connectivity index is 2.48. The summed E-state index contributed by atoms with van der Waals surface area (Å²) in [5.74, 6) is 0.418. The van der Waals surface area contributed by atoms with E-state index in [2.05, 4.69) is 0 Å². The second-order valence-corrected chi connectivity index (χ2v) is 4.15. The maximum Gasteiger partial charge on any atom is 0.342 e. The van der Waals surface area contributed by atoms with Crippen molar-refractivity contribution in [3.05, 3.63) is 29.3 Å². The van der Waals surface area contributed by atoms with Crippen LogP contribution in [0.15, 0.2) is 18.2 Å². The normalized spacial score (nSPS) is 22.8. The van der Waals surface area contributed by atoms with Crippen LogP contribution in [0.2, 0.25) is 0 Å². The predicted molar refractivity (Wildman–Crippen MR) is 62.0 cm³/mol. The molecule has 0 radical (unpaired) electrons. The Morgan fingerprint density at radius 1 is 1.41 bits per heavy atom. The van der Waals surface area contributed by atoms with Crippen molar-refractivity contribution < 1.29 is 19.0 Å². The Morgan fingerprint density at radius 2 is 2.18 bits per heavy atom. The third kappa shape index (κ3) is 1.89. The Morgan fingerprint density at radius 3 is 2.82 bits per heavy atom. The minimum absolute atomic E-state index is 0.372. The second kappa shape index (κ2) is 4.37. The van der Waals surface area contributed by atoms with Gasteiger partial charge < -0.3 is 14.2 Å². The lowest BCUT2D eigenvalue weighted by molar-refractivity contribution is -0.170. The lowest BCUT2D eigenvalue weighted by Crippen LogP contribution is -2.41. The van der Waals surface area contributed by atoms with E-state index >= 15 is 0 Å². The fourth-order valence-corrected chi connectivity index (χ4v) is 2.18. The zero-order chi connectivity index (χ0) is 12.5. The first-order valence-corrected chi connectivity index (χ1v) is 5.51. The summed E-state index contributed by atoms with van der Waals surface area (Å²) in [6.07, 6.45) is 0.777. The maximum atomic E-state index is 11.8. The minimum atomic E-state index is -1.01. The molecule has 0 aliphatic carbocycles. The summed E-state index contributed by atoms with van der Waals surface area (Å²) in [4.78, 5) is 11.8. The average molecular weight is 236 g/mol. The van der Waals surface area contributed by atoms with Gasteiger partial charge in [-0.25, -0.2) is 4.79 Å². The molecule has 0 aromatic heterocycles. The number of methoxy groups -OCH3 is 2. The van der Waals surface area contributed by atoms with E-state index in [0.717, 1.165) is 23.3 Å². The van der Waals surface area contributed by atoms with Crippen LogP contribution in [0.5, 0.6) is 5.75 Å². The van der Waals surface area contributed by atoms with Crippen molar-refractivity contribution in [2.45, 2.75) is 18.9 Å². The van der Waals surface area contributed by atoms with Crippen LogP contribution in [0.25, 0.3) is 0 Å². The van der Waals surface area contributed by atoms with Gasteiger partial charge in [0, 0.05) is 0 Å². The molecule has 1 aliphatic heterocycles. The summed E-state index contributed by atoms with van der Waals surface area (Å²) in [5, 5.41) is 0. The van der Waals surface area contributed by atoms with Crippen molar-refractivity contribution in [2.24, 2.45) is 0 Å². The maximum absolute atomic E-state index is 11.8. The molecule has 92 valence electrons. The van der Waals surface area contributed by atoms with E-state index in [1.807, 2.05) is 18.2 Å². The van der Waals surface area contributed by atoms with E-state index < -0.39 is 5.60 Å². The molecule has 0 spiro atoms. The van der Waals surface area contributed by atoms with Crippen LogP contribution in [-0.2, 0) is 26.3 Å². The van der Waals surface area contributed by atoms with Crippen molar-refractivity contribution in [1.29, 1.82) is 0 Å². The van der Waals surface area contributed by atoms with E-state index in [-0.39, 0.29) is 5.97 Å². The molecule has 1 aromatic rings. The lowest BCUT2D eigenvalue weighted by atomic mass is 9.87. The van der Waals surface area contributed by atoms with Crippen molar-refractivity contribution in [3.8, 4) is 5.75 Å². The highest BCUT2D eigenvalue weighted by molar-refractivity contribution is 5.81. The molecule has 2 rings (SSSR count). The molecule has 0 bridgehead atoms. The van der Waals surface area contributed by atoms with Crippen LogP contribution in [0.1, 0.15) is 18.1 Å². The van der Waals surface area contributed by atoms with Crippen molar-refractivity contribution in [3.63, 3.8) is 0 Å². The third-order valence-electron chi connectivity index (χ3n) is 3.16. The lowest BCUT2D eigenvalue weighted by Gasteiger charge is -2.33. The third-order valence-corrected chi connectivity index (χ3v) is 3.16. The van der Waals surface area contributed by atoms with E-state index in [1.165, 1.54) is 7.11 Å². The molecule has 4 nitrogen and oxygen atoms in total. The predicted octanol–water partition coefficient (Wildman–Crippen LogP) is 1.66. The molecule has 0 amide bonds. The minimum Gasteiger partial charge on any atom is -0.497 e. The van der Waals surface area contributed by atoms with Crippen LogP contribution < -0.4 is 4.74 Å². The molecule has 0 saturated heterocycles. The van der Waals surface area contributed by atoms with Crippen LogP contribution in [0.3, 0.4) is 0 Å². The van der Waals surface area contributed by atoms with Gasteiger partial charge in [-0.15, -0.1) is 0 Å². The number of esters is 1. The highest BCUT2D eigenvalue weighted by Crippen LogP contribution is 2.35. The molecule has 1 unspecified atom stereocenters. The van der Waals surface area contributed by atoms with Gasteiger partial charge in [-0.1, -0.05) is 6.07 Å². The van der Waals surface area contributed by atoms with Crippen LogP contribution in [-0.4, -0.2) is 26.8 Å². The summed E-state index contributed by atoms with van der Waals surface area (Å²) in [7, 11) is 3.00. The molecule has 4 heteroatoms. The highest BCUT2D eigenvalue weighted by Gasteiger charge is 2.41. The van der Waals surface area contributed by atoms with Gasteiger partial charge in [0.2, 0.25) is 0 Å². The van der Waals surface area contributed by atoms with Crippen LogP contribution >= 0.6 is 0 Å². The van der Waals surface area contributed by atoms with Gasteiger partial charge in [0.05, 0.1) is 20.8 Å². The van der Waals surface area contributed by atoms with Crippen LogP contribution in [0, 0.1) is 0 Å². The summed E-state index contributed by atoms with van der Waals surface area (Å²) < 4.78 is 15.6. The Labute approximate surface area is 100 Å². The van der Waals surface area contributed by atoms with Gasteiger partial charge in [-0.3, -0.25) is 0 Å². The van der Waals surface area contributed by atoms with Crippen molar-refractivity contribution in [1.82, 2.24) is 0 Å². The molecule has 0 N–H and O–H groups in total. The first-order chi connectivity index (χ1) is 8.11. The number of benzene rings is 1. The Hall–Kier alpha value is -1.55. The standard InChI is InChI=1S/C13H16O4/c1-13(12(14)16-3)11-5-4-10(15-2)8-9(11)6-7-17-13/h4-5,8H,6-7H2,1-3H3. The number of hydrogen-bond donors (Lipinski definition) is 0. The van der Waals surface area contributed by atoms with Crippen molar-refractivity contribution in [2.75, 3.05) is 20.8 Å². The fourth-order valence-electron chi connectivity index (χ4n) is 2.18. The summed E-state index contributed by atoms with van der Waals surface area (Å²) in [6, 6.07) is 5.64. The number of rotatable bonds is 2. The SMILES string of the molecule is COC(=O)C1(C)OCCc2cc(OC)ccc21. The number of carbonyl (C=O) groups is 1. The number of fused-ring (bicyclic) bond motifs is 1. The van der Waals surface area contributed by atoms with E-state index in [1.54, 1.807) is 14.0 Å². The number of ether oxygens (including phenoxy) is 3. The van der Waals surface area contributed by atoms with Gasteiger partial charge in [0.25, 0.3) is 0 Å². The summed E-state index contributed by atoms with van der Waals surface area (Å²) >= 11 is 0. The molecule has 1 atom stereocenters. The molecule has 1 aliphatic rings. The Bertz CT molecular complexity index is 441. The molecular weight excluding hydrogens is 220 g/mol. The molecule has 17 heavy (non-hydrogen) atoms. The smallest absolute Gasteiger partial charge is 0.342 e. The molecule has 0 saturated carbocycles. The first kappa shape index (κ1) is 11.9. The summed E-state index contributed by atoms with van der Waals surface area (Å²) in [5.41, 5.74) is 0.925. The van der Waals surface area contributed by atoms with Gasteiger partial charge in [0.15, 0.2) is 5.60 Å². The molecule has 1 aromatic carbocycles. The first-order valence-electron chi connectivity index (χ1n) is 5.51. The van der Waals surface area contributed by atoms with Gasteiger partial charge in [-0.05, 0) is 36.6 Å². The van der Waals surface area contributed by atoms with E-state index in [0.29, 0.717) is 6.61 Å². The van der Waals surface area contributed by atoms with Gasteiger partial charge >= 0.3 is 5.97 Å². The Kier molecular flexibility index (Phi) is 3.07. The molecule has 0 fully saturated rings. The summed E-state index contributed by atoms with van der Waals surface area (Å²) in [6.45, 7) is 2.25. The zero-order valence-corrected chi connectivity index (χ0v) is 10.3. The molecule has 1 heterocycles. The topological polar surface area (TPSA) is 44.8 Å². The van der Waals surface area contributed by atoms with E-state index in [9.17, 15) is 4.79 Å². The molecular formula is C13H16O4.